The van der Waals surface area contributed by atoms with Crippen molar-refractivity contribution in [2.45, 2.75) is 24.9 Å². The summed E-state index contributed by atoms with van der Waals surface area (Å²) in [6.07, 6.45) is 4.81. The average Bonchev–Trinajstić information content (AvgIpc) is 3.46. The number of carbonyl (C=O) groups is 1. The van der Waals surface area contributed by atoms with E-state index in [1.807, 2.05) is 12.1 Å². The molecule has 1 aliphatic carbocycles. The first-order valence-corrected chi connectivity index (χ1v) is 9.33. The second-order valence-electron chi connectivity index (χ2n) is 7.31. The fraction of sp³-hybridized carbons (Fsp3) is 0.238. The molecule has 0 radical (unpaired) electrons. The number of fused-ring (bicyclic) bond motifs is 2. The van der Waals surface area contributed by atoms with Gasteiger partial charge < -0.3 is 20.6 Å². The minimum absolute atomic E-state index is 0.0719. The summed E-state index contributed by atoms with van der Waals surface area (Å²) in [5.74, 6) is 0.730. The van der Waals surface area contributed by atoms with E-state index in [2.05, 4.69) is 20.3 Å². The van der Waals surface area contributed by atoms with Gasteiger partial charge in [0.25, 0.3) is 0 Å². The second-order valence-corrected chi connectivity index (χ2v) is 7.31. The quantitative estimate of drug-likeness (QED) is 0.478. The molecule has 0 saturated heterocycles. The number of amides is 1. The summed E-state index contributed by atoms with van der Waals surface area (Å²) >= 11 is 0. The summed E-state index contributed by atoms with van der Waals surface area (Å²) in [6, 6.07) is 7.27. The molecule has 29 heavy (non-hydrogen) atoms. The molecule has 1 aromatic carbocycles. The predicted octanol–water partition coefficient (Wildman–Crippen LogP) is 2.49. The number of aliphatic hydroxyl groups is 1. The zero-order valence-corrected chi connectivity index (χ0v) is 15.8. The van der Waals surface area contributed by atoms with Crippen molar-refractivity contribution in [2.75, 3.05) is 12.4 Å². The number of nitrogens with zero attached hydrogens (tertiary/aromatic N) is 3. The third-order valence-corrected chi connectivity index (χ3v) is 5.59. The molecular formula is C21H19N5O3. The van der Waals surface area contributed by atoms with Crippen molar-refractivity contribution in [3.63, 3.8) is 0 Å². The summed E-state index contributed by atoms with van der Waals surface area (Å²) < 4.78 is 5.97. The smallest absolute Gasteiger partial charge is 0.229 e. The molecule has 4 aromatic rings. The molecule has 4 N–H and O–H groups in total. The number of primary amides is 1. The number of oxazole rings is 1. The highest BCUT2D eigenvalue weighted by molar-refractivity contribution is 6.01. The highest BCUT2D eigenvalue weighted by Gasteiger charge is 2.51. The zero-order chi connectivity index (χ0) is 20.2. The lowest BCUT2D eigenvalue weighted by Crippen LogP contribution is -2.29. The summed E-state index contributed by atoms with van der Waals surface area (Å²) in [5.41, 5.74) is 8.33. The summed E-state index contributed by atoms with van der Waals surface area (Å²) in [6.45, 7) is -0.0719. The fourth-order valence-corrected chi connectivity index (χ4v) is 3.70. The molecule has 1 fully saturated rings. The van der Waals surface area contributed by atoms with Crippen molar-refractivity contribution in [1.29, 1.82) is 0 Å². The van der Waals surface area contributed by atoms with E-state index in [0.29, 0.717) is 46.9 Å². The Morgan fingerprint density at radius 3 is 2.76 bits per heavy atom. The SMILES string of the molecule is CNc1ncc(-c2nc3ccc(CO)cc3o2)c2cc(C3(C(N)=O)CC3)ncc12. The van der Waals surface area contributed by atoms with Gasteiger partial charge in [-0.05, 0) is 36.6 Å². The van der Waals surface area contributed by atoms with Crippen molar-refractivity contribution in [3.8, 4) is 11.5 Å². The van der Waals surface area contributed by atoms with Crippen LogP contribution in [0.2, 0.25) is 0 Å². The second kappa shape index (κ2) is 6.25. The van der Waals surface area contributed by atoms with E-state index in [-0.39, 0.29) is 12.5 Å². The molecule has 3 heterocycles. The molecule has 0 spiro atoms. The molecule has 0 aliphatic heterocycles. The lowest BCUT2D eigenvalue weighted by Gasteiger charge is -2.13. The van der Waals surface area contributed by atoms with Gasteiger partial charge in [-0.1, -0.05) is 6.07 Å². The van der Waals surface area contributed by atoms with Crippen molar-refractivity contribution in [2.24, 2.45) is 5.73 Å². The van der Waals surface area contributed by atoms with Crippen LogP contribution in [-0.2, 0) is 16.8 Å². The van der Waals surface area contributed by atoms with Crippen LogP contribution < -0.4 is 11.1 Å². The Balaban J connectivity index is 1.74. The minimum Gasteiger partial charge on any atom is -0.436 e. The third-order valence-electron chi connectivity index (χ3n) is 5.59. The summed E-state index contributed by atoms with van der Waals surface area (Å²) in [5, 5.41) is 14.0. The van der Waals surface area contributed by atoms with Gasteiger partial charge in [-0.15, -0.1) is 0 Å². The van der Waals surface area contributed by atoms with E-state index in [1.165, 1.54) is 0 Å². The van der Waals surface area contributed by atoms with Crippen molar-refractivity contribution < 1.29 is 14.3 Å². The van der Waals surface area contributed by atoms with Gasteiger partial charge in [0, 0.05) is 30.2 Å². The fourth-order valence-electron chi connectivity index (χ4n) is 3.70. The molecule has 1 saturated carbocycles. The van der Waals surface area contributed by atoms with Crippen LogP contribution in [0.25, 0.3) is 33.3 Å². The molecule has 1 amide bonds. The monoisotopic (exact) mass is 389 g/mol. The van der Waals surface area contributed by atoms with Crippen LogP contribution in [0.4, 0.5) is 5.82 Å². The molecule has 0 atom stereocenters. The zero-order valence-electron chi connectivity index (χ0n) is 15.8. The minimum atomic E-state index is -0.689. The first-order chi connectivity index (χ1) is 14.1. The highest BCUT2D eigenvalue weighted by atomic mass is 16.3. The topological polar surface area (TPSA) is 127 Å². The number of carbonyl (C=O) groups excluding carboxylic acids is 1. The van der Waals surface area contributed by atoms with Gasteiger partial charge in [0.1, 0.15) is 11.3 Å². The third kappa shape index (κ3) is 2.64. The summed E-state index contributed by atoms with van der Waals surface area (Å²) in [7, 11) is 1.79. The first-order valence-electron chi connectivity index (χ1n) is 9.33. The van der Waals surface area contributed by atoms with Crippen LogP contribution in [0.1, 0.15) is 24.1 Å². The Labute approximate surface area is 165 Å². The Morgan fingerprint density at radius 2 is 2.07 bits per heavy atom. The number of nitrogens with two attached hydrogens (primary N) is 1. The molecule has 3 aromatic heterocycles. The Hall–Kier alpha value is -3.52. The number of pyridine rings is 2. The molecule has 0 bridgehead atoms. The van der Waals surface area contributed by atoms with Crippen LogP contribution in [0.15, 0.2) is 41.1 Å². The van der Waals surface area contributed by atoms with Crippen molar-refractivity contribution in [3.05, 3.63) is 47.9 Å². The molecule has 1 aliphatic rings. The Kier molecular flexibility index (Phi) is 3.78. The number of aromatic nitrogens is 3. The van der Waals surface area contributed by atoms with Crippen molar-refractivity contribution in [1.82, 2.24) is 15.0 Å². The maximum absolute atomic E-state index is 12.0. The number of nitrogens with one attached hydrogen (secondary N) is 1. The lowest BCUT2D eigenvalue weighted by atomic mass is 9.98. The number of aliphatic hydroxyl groups excluding tert-OH is 1. The van der Waals surface area contributed by atoms with E-state index >= 15 is 0 Å². The standard InChI is InChI=1S/C21H19N5O3/c1-23-18-13-8-24-17(21(4-5-21)20(22)28)7-12(13)14(9-25-18)19-26-15-3-2-11(10-27)6-16(15)29-19/h2-3,6-9,27H,4-5,10H2,1H3,(H2,22,28)(H,23,25). The van der Waals surface area contributed by atoms with Gasteiger partial charge in [0.15, 0.2) is 5.58 Å². The molecule has 0 unspecified atom stereocenters. The van der Waals surface area contributed by atoms with Gasteiger partial charge in [-0.3, -0.25) is 9.78 Å². The lowest BCUT2D eigenvalue weighted by molar-refractivity contribution is -0.120. The molecule has 8 nitrogen and oxygen atoms in total. The first kappa shape index (κ1) is 17.6. The molecule has 8 heteroatoms. The number of benzene rings is 1. The van der Waals surface area contributed by atoms with Crippen LogP contribution in [-0.4, -0.2) is 33.0 Å². The number of rotatable bonds is 5. The van der Waals surface area contributed by atoms with E-state index in [4.69, 9.17) is 10.2 Å². The van der Waals surface area contributed by atoms with Gasteiger partial charge in [0.05, 0.1) is 23.3 Å². The predicted molar refractivity (Wildman–Crippen MR) is 108 cm³/mol. The van der Waals surface area contributed by atoms with Crippen molar-refractivity contribution >= 4 is 33.6 Å². The van der Waals surface area contributed by atoms with E-state index in [0.717, 1.165) is 16.3 Å². The van der Waals surface area contributed by atoms with Crippen LogP contribution in [0.5, 0.6) is 0 Å². The van der Waals surface area contributed by atoms with Gasteiger partial charge in [-0.2, -0.15) is 0 Å². The van der Waals surface area contributed by atoms with Crippen LogP contribution in [0.3, 0.4) is 0 Å². The van der Waals surface area contributed by atoms with Gasteiger partial charge in [0.2, 0.25) is 11.8 Å². The van der Waals surface area contributed by atoms with E-state index in [9.17, 15) is 9.90 Å². The highest BCUT2D eigenvalue weighted by Crippen LogP contribution is 2.48. The van der Waals surface area contributed by atoms with Crippen LogP contribution in [0, 0.1) is 0 Å². The van der Waals surface area contributed by atoms with E-state index in [1.54, 1.807) is 31.6 Å². The molecule has 5 rings (SSSR count). The molecule has 146 valence electrons. The number of anilines is 1. The van der Waals surface area contributed by atoms with Gasteiger partial charge in [-0.25, -0.2) is 9.97 Å². The maximum Gasteiger partial charge on any atom is 0.229 e. The van der Waals surface area contributed by atoms with Gasteiger partial charge >= 0.3 is 0 Å². The number of hydrogen-bond donors (Lipinski definition) is 3. The Morgan fingerprint density at radius 1 is 1.24 bits per heavy atom. The maximum atomic E-state index is 12.0. The summed E-state index contributed by atoms with van der Waals surface area (Å²) in [4.78, 5) is 25.5. The normalized spacial score (nSPS) is 15.0. The number of hydrogen-bond acceptors (Lipinski definition) is 7. The Bertz CT molecular complexity index is 1280. The molecular weight excluding hydrogens is 370 g/mol. The largest absolute Gasteiger partial charge is 0.436 e. The average molecular weight is 389 g/mol. The van der Waals surface area contributed by atoms with Crippen LogP contribution >= 0.6 is 0 Å². The van der Waals surface area contributed by atoms with E-state index < -0.39 is 5.41 Å².